The molecule has 1 amide bonds. The van der Waals surface area contributed by atoms with Crippen LogP contribution in [0.1, 0.15) is 48.2 Å². The zero-order valence-corrected chi connectivity index (χ0v) is 17.2. The molecule has 28 heavy (non-hydrogen) atoms. The Morgan fingerprint density at radius 1 is 1.21 bits per heavy atom. The summed E-state index contributed by atoms with van der Waals surface area (Å²) >= 11 is 0. The molecule has 0 radical (unpaired) electrons. The van der Waals surface area contributed by atoms with E-state index in [4.69, 9.17) is 0 Å². The zero-order chi connectivity index (χ0) is 20.1. The van der Waals surface area contributed by atoms with Gasteiger partial charge in [-0.2, -0.15) is 0 Å². The molecule has 2 aliphatic rings. The van der Waals surface area contributed by atoms with Crippen LogP contribution in [0.5, 0.6) is 0 Å². The molecule has 4 rings (SSSR count). The number of hydrogen-bond donors (Lipinski definition) is 1. The molecule has 1 heterocycles. The lowest BCUT2D eigenvalue weighted by Crippen LogP contribution is -2.39. The summed E-state index contributed by atoms with van der Waals surface area (Å²) in [5.41, 5.74) is 1.37. The number of aryl methyl sites for hydroxylation is 1. The van der Waals surface area contributed by atoms with Crippen molar-refractivity contribution in [2.24, 2.45) is 11.8 Å². The van der Waals surface area contributed by atoms with E-state index < -0.39 is 15.7 Å². The van der Waals surface area contributed by atoms with Crippen LogP contribution < -0.4 is 5.32 Å². The molecule has 1 N–H and O–H groups in total. The van der Waals surface area contributed by atoms with Gasteiger partial charge in [0, 0.05) is 29.9 Å². The molecule has 2 aromatic rings. The van der Waals surface area contributed by atoms with Gasteiger partial charge in [-0.05, 0) is 44.1 Å². The van der Waals surface area contributed by atoms with Crippen molar-refractivity contribution in [2.45, 2.75) is 51.6 Å². The number of fused-ring (bicyclic) bond motifs is 3. The minimum Gasteiger partial charge on any atom is -0.349 e. The van der Waals surface area contributed by atoms with Crippen LogP contribution >= 0.6 is 0 Å². The second-order valence-electron chi connectivity index (χ2n) is 8.56. The van der Waals surface area contributed by atoms with Crippen molar-refractivity contribution in [1.29, 1.82) is 0 Å². The van der Waals surface area contributed by atoms with Crippen molar-refractivity contribution in [2.75, 3.05) is 12.0 Å². The van der Waals surface area contributed by atoms with E-state index >= 15 is 0 Å². The maximum absolute atomic E-state index is 14.6. The first-order chi connectivity index (χ1) is 13.2. The Hall–Kier alpha value is -1.89. The first-order valence-electron chi connectivity index (χ1n) is 9.99. The van der Waals surface area contributed by atoms with Gasteiger partial charge in [0.25, 0.3) is 5.91 Å². The van der Waals surface area contributed by atoms with Crippen LogP contribution in [-0.4, -0.2) is 36.9 Å². The van der Waals surface area contributed by atoms with Crippen LogP contribution in [0.2, 0.25) is 0 Å². The van der Waals surface area contributed by atoms with Crippen LogP contribution in [0.4, 0.5) is 4.39 Å². The molecule has 7 heteroatoms. The molecule has 2 atom stereocenters. The second kappa shape index (κ2) is 7.17. The van der Waals surface area contributed by atoms with E-state index in [1.807, 2.05) is 0 Å². The number of nitrogens with zero attached hydrogens (tertiary/aromatic N) is 1. The normalized spacial score (nSPS) is 24.6. The van der Waals surface area contributed by atoms with E-state index in [0.717, 1.165) is 19.1 Å². The Morgan fingerprint density at radius 2 is 1.89 bits per heavy atom. The fraction of sp³-hybridized carbons (Fsp3) is 0.571. The van der Waals surface area contributed by atoms with Gasteiger partial charge < -0.3 is 9.88 Å². The Kier molecular flexibility index (Phi) is 4.98. The summed E-state index contributed by atoms with van der Waals surface area (Å²) in [6.07, 6.45) is 6.99. The Morgan fingerprint density at radius 3 is 2.54 bits per heavy atom. The molecule has 2 saturated carbocycles. The number of amides is 1. The van der Waals surface area contributed by atoms with Crippen molar-refractivity contribution in [1.82, 2.24) is 9.88 Å². The standard InChI is InChI=1S/C21H27FN2O3S/c1-13-19(21(25)23-16-11-14-6-7-15(10-14)12-16)17-4-3-5-18(22)20(17)24(13)8-9-28(2,26)27/h3-5,14-16H,6-12H2,1-2H3,(H,23,25). The van der Waals surface area contributed by atoms with E-state index in [1.165, 1.54) is 25.3 Å². The maximum atomic E-state index is 14.6. The van der Waals surface area contributed by atoms with E-state index in [0.29, 0.717) is 34.0 Å². The number of carbonyl (C=O) groups excluding carboxylic acids is 1. The molecule has 2 aliphatic carbocycles. The van der Waals surface area contributed by atoms with Crippen molar-refractivity contribution in [3.63, 3.8) is 0 Å². The SMILES string of the molecule is Cc1c(C(=O)NC2CC3CCC(C3)C2)c2cccc(F)c2n1CCS(C)(=O)=O. The molecule has 5 nitrogen and oxygen atoms in total. The Labute approximate surface area is 165 Å². The predicted octanol–water partition coefficient (Wildman–Crippen LogP) is 3.44. The molecule has 0 aliphatic heterocycles. The Bertz CT molecular complexity index is 1020. The third kappa shape index (κ3) is 3.69. The van der Waals surface area contributed by atoms with Gasteiger partial charge in [-0.15, -0.1) is 0 Å². The van der Waals surface area contributed by atoms with Gasteiger partial charge in [-0.1, -0.05) is 25.0 Å². The van der Waals surface area contributed by atoms with E-state index in [2.05, 4.69) is 5.32 Å². The summed E-state index contributed by atoms with van der Waals surface area (Å²) in [7, 11) is -3.20. The maximum Gasteiger partial charge on any atom is 0.253 e. The molecule has 1 aromatic carbocycles. The highest BCUT2D eigenvalue weighted by Crippen LogP contribution is 2.42. The largest absolute Gasteiger partial charge is 0.349 e. The molecule has 152 valence electrons. The third-order valence-electron chi connectivity index (χ3n) is 6.43. The number of nitrogens with one attached hydrogen (secondary N) is 1. The van der Waals surface area contributed by atoms with Gasteiger partial charge in [0.05, 0.1) is 16.8 Å². The van der Waals surface area contributed by atoms with Gasteiger partial charge >= 0.3 is 0 Å². The van der Waals surface area contributed by atoms with E-state index in [9.17, 15) is 17.6 Å². The molecule has 0 saturated heterocycles. The van der Waals surface area contributed by atoms with Gasteiger partial charge in [0.15, 0.2) is 0 Å². The highest BCUT2D eigenvalue weighted by molar-refractivity contribution is 7.90. The highest BCUT2D eigenvalue weighted by Gasteiger charge is 2.35. The topological polar surface area (TPSA) is 68.2 Å². The highest BCUT2D eigenvalue weighted by atomic mass is 32.2. The zero-order valence-electron chi connectivity index (χ0n) is 16.4. The van der Waals surface area contributed by atoms with E-state index in [-0.39, 0.29) is 24.2 Å². The lowest BCUT2D eigenvalue weighted by atomic mass is 9.85. The summed E-state index contributed by atoms with van der Waals surface area (Å²) in [5.74, 6) is 0.692. The van der Waals surface area contributed by atoms with Gasteiger partial charge in [0.1, 0.15) is 15.7 Å². The summed E-state index contributed by atoms with van der Waals surface area (Å²) in [5, 5.41) is 3.72. The fourth-order valence-corrected chi connectivity index (χ4v) is 5.71. The minimum atomic E-state index is -3.20. The smallest absolute Gasteiger partial charge is 0.253 e. The number of halogens is 1. The first kappa shape index (κ1) is 19.4. The number of rotatable bonds is 5. The van der Waals surface area contributed by atoms with Crippen LogP contribution in [0.25, 0.3) is 10.9 Å². The Balaban J connectivity index is 1.67. The number of para-hydroxylation sites is 1. The second-order valence-corrected chi connectivity index (χ2v) is 10.8. The lowest BCUT2D eigenvalue weighted by Gasteiger charge is -2.28. The lowest BCUT2D eigenvalue weighted by molar-refractivity contribution is 0.0919. The first-order valence-corrected chi connectivity index (χ1v) is 12.0. The number of hydrogen-bond acceptors (Lipinski definition) is 3. The van der Waals surface area contributed by atoms with E-state index in [1.54, 1.807) is 23.6 Å². The van der Waals surface area contributed by atoms with Crippen molar-refractivity contribution >= 4 is 26.6 Å². The summed E-state index contributed by atoms with van der Waals surface area (Å²) in [6.45, 7) is 1.89. The van der Waals surface area contributed by atoms with Crippen LogP contribution in [0.3, 0.4) is 0 Å². The number of aromatic nitrogens is 1. The van der Waals surface area contributed by atoms with Gasteiger partial charge in [-0.25, -0.2) is 12.8 Å². The summed E-state index contributed by atoms with van der Waals surface area (Å²) < 4.78 is 39.5. The third-order valence-corrected chi connectivity index (χ3v) is 7.35. The summed E-state index contributed by atoms with van der Waals surface area (Å²) in [6, 6.07) is 4.84. The molecular weight excluding hydrogens is 379 g/mol. The minimum absolute atomic E-state index is 0.0982. The average molecular weight is 407 g/mol. The van der Waals surface area contributed by atoms with Gasteiger partial charge in [0.2, 0.25) is 0 Å². The molecular formula is C21H27FN2O3S. The van der Waals surface area contributed by atoms with Crippen LogP contribution in [-0.2, 0) is 16.4 Å². The molecule has 2 unspecified atom stereocenters. The predicted molar refractivity (Wildman–Crippen MR) is 108 cm³/mol. The number of sulfone groups is 1. The molecule has 1 aromatic heterocycles. The van der Waals surface area contributed by atoms with Crippen LogP contribution in [0.15, 0.2) is 18.2 Å². The molecule has 2 fully saturated rings. The fourth-order valence-electron chi connectivity index (χ4n) is 5.20. The van der Waals surface area contributed by atoms with Crippen molar-refractivity contribution in [3.8, 4) is 0 Å². The number of carbonyl (C=O) groups is 1. The van der Waals surface area contributed by atoms with Crippen molar-refractivity contribution < 1.29 is 17.6 Å². The quantitative estimate of drug-likeness (QED) is 0.827. The summed E-state index contributed by atoms with van der Waals surface area (Å²) in [4.78, 5) is 13.1. The number of benzene rings is 1. The van der Waals surface area contributed by atoms with Crippen LogP contribution in [0, 0.1) is 24.6 Å². The van der Waals surface area contributed by atoms with Gasteiger partial charge in [-0.3, -0.25) is 4.79 Å². The van der Waals surface area contributed by atoms with Crippen molar-refractivity contribution in [3.05, 3.63) is 35.3 Å². The average Bonchev–Trinajstić information content (AvgIpc) is 3.09. The molecule has 0 spiro atoms. The molecule has 2 bridgehead atoms. The monoisotopic (exact) mass is 406 g/mol.